The van der Waals surface area contributed by atoms with Crippen molar-refractivity contribution in [2.24, 2.45) is 5.92 Å². The van der Waals surface area contributed by atoms with Gasteiger partial charge in [0.05, 0.1) is 24.7 Å². The Hall–Kier alpha value is -2.00. The molecule has 7 nitrogen and oxygen atoms in total. The van der Waals surface area contributed by atoms with E-state index in [-0.39, 0.29) is 29.7 Å². The summed E-state index contributed by atoms with van der Waals surface area (Å²) < 4.78 is 32.6. The molecule has 3 unspecified atom stereocenters. The van der Waals surface area contributed by atoms with Gasteiger partial charge in [0.2, 0.25) is 10.7 Å². The van der Waals surface area contributed by atoms with Crippen molar-refractivity contribution < 1.29 is 33.6 Å². The minimum Gasteiger partial charge on any atom is -0.506 e. The molecule has 1 spiro atoms. The molecule has 2 bridgehead atoms. The van der Waals surface area contributed by atoms with Crippen molar-refractivity contribution in [3.8, 4) is 17.2 Å². The number of aromatic hydroxyl groups is 1. The van der Waals surface area contributed by atoms with Crippen molar-refractivity contribution in [2.75, 3.05) is 19.5 Å². The standard InChI is InChI=1S/C27H30O7S/c1-6-35-27-24-23(32-26(34-24,12(2)3)25(27)11-31-25)17-13(4)10-15-19(22(17)33-27)20(29)18-14(21(15)30-5)8-7-9-16(18)28/h10,12,23-24,29H,6-9,11H2,1-5H3/t23?,24?,25-,26?,27+/m1/s1. The number of methoxy groups -OCH3 is 1. The Balaban J connectivity index is 1.56. The summed E-state index contributed by atoms with van der Waals surface area (Å²) in [5.41, 5.74) is 2.26. The summed E-state index contributed by atoms with van der Waals surface area (Å²) in [6.45, 7) is 8.81. The third kappa shape index (κ3) is 2.30. The molecule has 5 atom stereocenters. The van der Waals surface area contributed by atoms with Crippen LogP contribution in [-0.4, -0.2) is 52.8 Å². The van der Waals surface area contributed by atoms with Gasteiger partial charge in [-0.25, -0.2) is 0 Å². The van der Waals surface area contributed by atoms with Gasteiger partial charge in [0, 0.05) is 28.9 Å². The molecule has 2 aromatic carbocycles. The third-order valence-electron chi connectivity index (χ3n) is 8.60. The number of thioether (sulfide) groups is 1. The number of phenols is 1. The first kappa shape index (κ1) is 22.2. The molecule has 0 aromatic heterocycles. The van der Waals surface area contributed by atoms with E-state index in [4.69, 9.17) is 23.7 Å². The van der Waals surface area contributed by atoms with Crippen LogP contribution in [0.25, 0.3) is 10.8 Å². The molecular weight excluding hydrogens is 468 g/mol. The Morgan fingerprint density at radius 1 is 1.29 bits per heavy atom. The highest BCUT2D eigenvalue weighted by Crippen LogP contribution is 2.74. The number of hydrogen-bond acceptors (Lipinski definition) is 8. The van der Waals surface area contributed by atoms with E-state index in [1.54, 1.807) is 18.9 Å². The summed E-state index contributed by atoms with van der Waals surface area (Å²) >= 11 is 1.68. The zero-order valence-corrected chi connectivity index (χ0v) is 21.5. The molecule has 1 N–H and O–H groups in total. The summed E-state index contributed by atoms with van der Waals surface area (Å²) in [6, 6.07) is 2.02. The maximum absolute atomic E-state index is 13.0. The van der Waals surface area contributed by atoms with Crippen LogP contribution >= 0.6 is 11.8 Å². The van der Waals surface area contributed by atoms with Crippen molar-refractivity contribution >= 4 is 28.3 Å². The van der Waals surface area contributed by atoms with Gasteiger partial charge < -0.3 is 28.8 Å². The predicted molar refractivity (Wildman–Crippen MR) is 131 cm³/mol. The first-order chi connectivity index (χ1) is 16.8. The van der Waals surface area contributed by atoms with Gasteiger partial charge in [-0.05, 0) is 37.1 Å². The number of rotatable bonds is 4. The summed E-state index contributed by atoms with van der Waals surface area (Å²) in [6.07, 6.45) is 1.14. The van der Waals surface area contributed by atoms with E-state index in [0.717, 1.165) is 34.3 Å². The van der Waals surface area contributed by atoms with Crippen LogP contribution in [0.3, 0.4) is 0 Å². The zero-order valence-electron chi connectivity index (χ0n) is 20.6. The van der Waals surface area contributed by atoms with Gasteiger partial charge in [-0.2, -0.15) is 0 Å². The number of epoxide rings is 1. The monoisotopic (exact) mass is 498 g/mol. The molecule has 3 fully saturated rings. The summed E-state index contributed by atoms with van der Waals surface area (Å²) in [7, 11) is 1.62. The van der Waals surface area contributed by atoms with Gasteiger partial charge >= 0.3 is 0 Å². The maximum Gasteiger partial charge on any atom is 0.220 e. The lowest BCUT2D eigenvalue weighted by atomic mass is 9.78. The number of carbonyl (C=O) groups is 1. The molecule has 5 aliphatic rings. The van der Waals surface area contributed by atoms with E-state index >= 15 is 0 Å². The van der Waals surface area contributed by atoms with E-state index in [1.807, 2.05) is 13.0 Å². The fourth-order valence-electron chi connectivity index (χ4n) is 7.17. The number of fused-ring (bicyclic) bond motifs is 8. The highest BCUT2D eigenvalue weighted by atomic mass is 32.2. The topological polar surface area (TPSA) is 86.8 Å². The van der Waals surface area contributed by atoms with Crippen molar-refractivity contribution in [3.05, 3.63) is 28.3 Å². The van der Waals surface area contributed by atoms with Crippen molar-refractivity contribution in [1.82, 2.24) is 0 Å². The average Bonchev–Trinajstić information content (AvgIpc) is 3.47. The second-order valence-electron chi connectivity index (χ2n) is 10.6. The summed E-state index contributed by atoms with van der Waals surface area (Å²) in [5, 5.41) is 12.9. The van der Waals surface area contributed by atoms with Gasteiger partial charge in [-0.15, -0.1) is 11.8 Å². The molecule has 186 valence electrons. The largest absolute Gasteiger partial charge is 0.506 e. The van der Waals surface area contributed by atoms with Crippen LogP contribution in [0.1, 0.15) is 66.8 Å². The maximum atomic E-state index is 13.0. The Morgan fingerprint density at radius 2 is 2.06 bits per heavy atom. The van der Waals surface area contributed by atoms with Crippen LogP contribution < -0.4 is 9.47 Å². The molecule has 2 aromatic rings. The molecule has 8 heteroatoms. The number of benzene rings is 2. The SMILES string of the molecule is CCS[C@@]12Oc3c(c(C)cc4c(OC)c5c(c(O)c34)C(=O)CCC5)C3OC(C(C)C)(OC31)[C@]21CO1. The van der Waals surface area contributed by atoms with Crippen molar-refractivity contribution in [2.45, 2.75) is 75.5 Å². The normalized spacial score (nSPS) is 36.0. The second-order valence-corrected chi connectivity index (χ2v) is 12.1. The molecule has 7 rings (SSSR count). The number of Topliss-reactive ketones (excluding diaryl/α,β-unsaturated/α-hetero) is 1. The van der Waals surface area contributed by atoms with Gasteiger partial charge in [-0.1, -0.05) is 20.8 Å². The zero-order chi connectivity index (χ0) is 24.5. The minimum atomic E-state index is -0.894. The Labute approximate surface area is 208 Å². The van der Waals surface area contributed by atoms with Gasteiger partial charge in [-0.3, -0.25) is 4.79 Å². The molecule has 4 aliphatic heterocycles. The molecule has 0 radical (unpaired) electrons. The Morgan fingerprint density at radius 3 is 2.71 bits per heavy atom. The molecule has 0 amide bonds. The van der Waals surface area contributed by atoms with Crippen LogP contribution in [0.5, 0.6) is 17.2 Å². The highest BCUT2D eigenvalue weighted by molar-refractivity contribution is 8.00. The number of ether oxygens (including phenoxy) is 5. The molecule has 4 heterocycles. The molecule has 1 aliphatic carbocycles. The Bertz CT molecular complexity index is 1320. The van der Waals surface area contributed by atoms with Gasteiger partial charge in [0.15, 0.2) is 11.4 Å². The fraction of sp³-hybridized carbons (Fsp3) is 0.593. The fourth-order valence-corrected chi connectivity index (χ4v) is 8.57. The van der Waals surface area contributed by atoms with Crippen LogP contribution in [0, 0.1) is 12.8 Å². The lowest BCUT2D eigenvalue weighted by Crippen LogP contribution is -2.65. The average molecular weight is 499 g/mol. The number of carbonyl (C=O) groups excluding carboxylic acids is 1. The molecule has 0 saturated carbocycles. The number of ketones is 1. The number of phenolic OH excluding ortho intramolecular Hbond substituents is 1. The van der Waals surface area contributed by atoms with E-state index in [2.05, 4.69) is 20.8 Å². The molecule has 3 saturated heterocycles. The number of hydrogen-bond donors (Lipinski definition) is 1. The quantitative estimate of drug-likeness (QED) is 0.601. The first-order valence-corrected chi connectivity index (χ1v) is 13.5. The number of aryl methyl sites for hydroxylation is 1. The second kappa shape index (κ2) is 6.85. The van der Waals surface area contributed by atoms with Gasteiger partial charge in [0.1, 0.15) is 29.5 Å². The lowest BCUT2D eigenvalue weighted by Gasteiger charge is -2.50. The van der Waals surface area contributed by atoms with Crippen LogP contribution in [-0.2, 0) is 20.6 Å². The first-order valence-electron chi connectivity index (χ1n) is 12.5. The van der Waals surface area contributed by atoms with Crippen LogP contribution in [0.2, 0.25) is 0 Å². The smallest absolute Gasteiger partial charge is 0.220 e. The van der Waals surface area contributed by atoms with E-state index < -0.39 is 16.3 Å². The minimum absolute atomic E-state index is 0.0222. The van der Waals surface area contributed by atoms with Gasteiger partial charge in [0.25, 0.3) is 0 Å². The van der Waals surface area contributed by atoms with E-state index in [0.29, 0.717) is 41.9 Å². The molecular formula is C27H30O7S. The Kier molecular flexibility index (Phi) is 4.35. The molecule has 35 heavy (non-hydrogen) atoms. The van der Waals surface area contributed by atoms with E-state index in [9.17, 15) is 9.90 Å². The van der Waals surface area contributed by atoms with Crippen molar-refractivity contribution in [3.63, 3.8) is 0 Å². The third-order valence-corrected chi connectivity index (χ3v) is 9.97. The summed E-state index contributed by atoms with van der Waals surface area (Å²) in [4.78, 5) is 12.2. The van der Waals surface area contributed by atoms with Crippen molar-refractivity contribution in [1.29, 1.82) is 0 Å². The van der Waals surface area contributed by atoms with E-state index in [1.165, 1.54) is 0 Å². The lowest BCUT2D eigenvalue weighted by molar-refractivity contribution is -0.235. The van der Waals surface area contributed by atoms with Crippen LogP contribution in [0.15, 0.2) is 6.07 Å². The van der Waals surface area contributed by atoms with Crippen LogP contribution in [0.4, 0.5) is 0 Å². The summed E-state index contributed by atoms with van der Waals surface area (Å²) in [5.74, 6) is 1.07. The predicted octanol–water partition coefficient (Wildman–Crippen LogP) is 4.81. The highest BCUT2D eigenvalue weighted by Gasteiger charge is 2.90.